The van der Waals surface area contributed by atoms with Crippen molar-refractivity contribution in [2.24, 2.45) is 0 Å². The van der Waals surface area contributed by atoms with E-state index in [0.717, 1.165) is 5.56 Å². The predicted octanol–water partition coefficient (Wildman–Crippen LogP) is 3.20. The lowest BCUT2D eigenvalue weighted by molar-refractivity contribution is 0.0692. The van der Waals surface area contributed by atoms with E-state index in [0.29, 0.717) is 5.02 Å². The van der Waals surface area contributed by atoms with Gasteiger partial charge in [0.15, 0.2) is 5.75 Å². The summed E-state index contributed by atoms with van der Waals surface area (Å²) in [6.07, 6.45) is 0. The van der Waals surface area contributed by atoms with Gasteiger partial charge in [0.25, 0.3) is 0 Å². The van der Waals surface area contributed by atoms with Gasteiger partial charge in [-0.25, -0.2) is 4.79 Å². The zero-order chi connectivity index (χ0) is 13.8. The second-order valence-electron chi connectivity index (χ2n) is 3.91. The first kappa shape index (κ1) is 13.2. The molecule has 0 atom stereocenters. The fourth-order valence-corrected chi connectivity index (χ4v) is 1.84. The zero-order valence-corrected chi connectivity index (χ0v) is 10.7. The molecule has 0 spiro atoms. The molecule has 19 heavy (non-hydrogen) atoms. The van der Waals surface area contributed by atoms with Gasteiger partial charge in [-0.1, -0.05) is 35.9 Å². The lowest BCUT2D eigenvalue weighted by Gasteiger charge is -2.12. The van der Waals surface area contributed by atoms with Gasteiger partial charge < -0.3 is 15.6 Å². The first-order chi connectivity index (χ1) is 9.09. The van der Waals surface area contributed by atoms with Crippen LogP contribution in [0, 0.1) is 0 Å². The number of carbonyl (C=O) groups is 1. The third-order valence-electron chi connectivity index (χ3n) is 2.61. The molecular formula is C14H12ClNO3. The Morgan fingerprint density at radius 1 is 1.21 bits per heavy atom. The number of hydrogen-bond donors (Lipinski definition) is 2. The Morgan fingerprint density at radius 2 is 1.95 bits per heavy atom. The Labute approximate surface area is 115 Å². The van der Waals surface area contributed by atoms with E-state index in [-0.39, 0.29) is 23.6 Å². The SMILES string of the molecule is Nc1cccc(C(=O)O)c1OCc1ccccc1Cl. The van der Waals surface area contributed by atoms with Crippen LogP contribution in [0.4, 0.5) is 5.69 Å². The van der Waals surface area contributed by atoms with Gasteiger partial charge in [0.05, 0.1) is 5.69 Å². The van der Waals surface area contributed by atoms with Crippen LogP contribution in [0.15, 0.2) is 42.5 Å². The molecule has 0 aliphatic carbocycles. The molecule has 0 heterocycles. The molecule has 0 aliphatic rings. The van der Waals surface area contributed by atoms with Gasteiger partial charge in [0.2, 0.25) is 0 Å². The number of nitrogens with two attached hydrogens (primary N) is 1. The number of halogens is 1. The van der Waals surface area contributed by atoms with Gasteiger partial charge in [0, 0.05) is 10.6 Å². The van der Waals surface area contributed by atoms with E-state index in [1.807, 2.05) is 18.2 Å². The highest BCUT2D eigenvalue weighted by molar-refractivity contribution is 6.31. The smallest absolute Gasteiger partial charge is 0.339 e. The fraction of sp³-hybridized carbons (Fsp3) is 0.0714. The quantitative estimate of drug-likeness (QED) is 0.842. The molecule has 0 saturated carbocycles. The Balaban J connectivity index is 2.25. The van der Waals surface area contributed by atoms with Crippen LogP contribution in [0.25, 0.3) is 0 Å². The minimum absolute atomic E-state index is 0.0343. The maximum atomic E-state index is 11.1. The first-order valence-corrected chi connectivity index (χ1v) is 5.95. The van der Waals surface area contributed by atoms with Crippen LogP contribution >= 0.6 is 11.6 Å². The van der Waals surface area contributed by atoms with E-state index in [1.54, 1.807) is 18.2 Å². The highest BCUT2D eigenvalue weighted by Crippen LogP contribution is 2.28. The summed E-state index contributed by atoms with van der Waals surface area (Å²) in [6.45, 7) is 0.161. The van der Waals surface area contributed by atoms with Crippen molar-refractivity contribution in [1.29, 1.82) is 0 Å². The van der Waals surface area contributed by atoms with Crippen LogP contribution in [-0.2, 0) is 6.61 Å². The number of carboxylic acids is 1. The van der Waals surface area contributed by atoms with Crippen LogP contribution in [0.1, 0.15) is 15.9 Å². The van der Waals surface area contributed by atoms with Gasteiger partial charge >= 0.3 is 5.97 Å². The number of benzene rings is 2. The summed E-state index contributed by atoms with van der Waals surface area (Å²) < 4.78 is 5.51. The fourth-order valence-electron chi connectivity index (χ4n) is 1.65. The largest absolute Gasteiger partial charge is 0.486 e. The topological polar surface area (TPSA) is 72.6 Å². The molecule has 0 amide bonds. The van der Waals surface area contributed by atoms with Crippen molar-refractivity contribution in [2.45, 2.75) is 6.61 Å². The maximum absolute atomic E-state index is 11.1. The normalized spacial score (nSPS) is 10.2. The van der Waals surface area contributed by atoms with Crippen LogP contribution < -0.4 is 10.5 Å². The monoisotopic (exact) mass is 277 g/mol. The molecule has 2 rings (SSSR count). The Morgan fingerprint density at radius 3 is 2.63 bits per heavy atom. The molecule has 0 bridgehead atoms. The van der Waals surface area contributed by atoms with Crippen LogP contribution in [0.5, 0.6) is 5.75 Å². The molecule has 0 radical (unpaired) electrons. The molecule has 5 heteroatoms. The summed E-state index contributed by atoms with van der Waals surface area (Å²) in [5.41, 5.74) is 6.83. The molecule has 0 aromatic heterocycles. The average Bonchev–Trinajstić information content (AvgIpc) is 2.38. The number of hydrogen-bond acceptors (Lipinski definition) is 3. The Hall–Kier alpha value is -2.20. The molecule has 98 valence electrons. The Bertz CT molecular complexity index is 613. The third-order valence-corrected chi connectivity index (χ3v) is 2.97. The highest BCUT2D eigenvalue weighted by atomic mass is 35.5. The molecular weight excluding hydrogens is 266 g/mol. The lowest BCUT2D eigenvalue weighted by Crippen LogP contribution is -2.06. The minimum atomic E-state index is -1.08. The molecule has 0 aliphatic heterocycles. The average molecular weight is 278 g/mol. The summed E-state index contributed by atoms with van der Waals surface area (Å²) in [4.78, 5) is 11.1. The van der Waals surface area contributed by atoms with Crippen molar-refractivity contribution in [3.05, 3.63) is 58.6 Å². The van der Waals surface area contributed by atoms with Crippen molar-refractivity contribution < 1.29 is 14.6 Å². The van der Waals surface area contributed by atoms with Crippen molar-refractivity contribution in [2.75, 3.05) is 5.73 Å². The lowest BCUT2D eigenvalue weighted by atomic mass is 10.1. The number of carboxylic acid groups (broad SMARTS) is 1. The minimum Gasteiger partial charge on any atom is -0.486 e. The molecule has 3 N–H and O–H groups in total. The van der Waals surface area contributed by atoms with Gasteiger partial charge in [-0.15, -0.1) is 0 Å². The molecule has 0 fully saturated rings. The van der Waals surface area contributed by atoms with Crippen LogP contribution in [0.3, 0.4) is 0 Å². The Kier molecular flexibility index (Phi) is 3.92. The van der Waals surface area contributed by atoms with Crippen molar-refractivity contribution in [1.82, 2.24) is 0 Å². The first-order valence-electron chi connectivity index (χ1n) is 5.57. The van der Waals surface area contributed by atoms with E-state index >= 15 is 0 Å². The van der Waals surface area contributed by atoms with E-state index in [9.17, 15) is 4.79 Å². The number of anilines is 1. The summed E-state index contributed by atoms with van der Waals surface area (Å²) >= 11 is 6.01. The number of para-hydroxylation sites is 1. The second kappa shape index (κ2) is 5.63. The second-order valence-corrected chi connectivity index (χ2v) is 4.32. The van der Waals surface area contributed by atoms with E-state index < -0.39 is 5.97 Å². The molecule has 0 saturated heterocycles. The van der Waals surface area contributed by atoms with Crippen molar-refractivity contribution in [3.63, 3.8) is 0 Å². The zero-order valence-electron chi connectivity index (χ0n) is 9.97. The number of aromatic carboxylic acids is 1. The summed E-state index contributed by atoms with van der Waals surface area (Å²) in [5.74, 6) is -0.920. The van der Waals surface area contributed by atoms with E-state index in [2.05, 4.69) is 0 Å². The predicted molar refractivity (Wildman–Crippen MR) is 73.6 cm³/mol. The third kappa shape index (κ3) is 2.98. The van der Waals surface area contributed by atoms with Crippen molar-refractivity contribution >= 4 is 23.3 Å². The van der Waals surface area contributed by atoms with Gasteiger partial charge in [0.1, 0.15) is 12.2 Å². The van der Waals surface area contributed by atoms with Crippen molar-refractivity contribution in [3.8, 4) is 5.75 Å². The number of nitrogen functional groups attached to an aromatic ring is 1. The molecule has 4 nitrogen and oxygen atoms in total. The maximum Gasteiger partial charge on any atom is 0.339 e. The van der Waals surface area contributed by atoms with Gasteiger partial charge in [-0.2, -0.15) is 0 Å². The van der Waals surface area contributed by atoms with Gasteiger partial charge in [-0.05, 0) is 18.2 Å². The standard InChI is InChI=1S/C14H12ClNO3/c15-11-6-2-1-4-9(11)8-19-13-10(14(17)18)5-3-7-12(13)16/h1-7H,8,16H2,(H,17,18). The summed E-state index contributed by atoms with van der Waals surface area (Å²) in [6, 6.07) is 11.8. The van der Waals surface area contributed by atoms with E-state index in [4.69, 9.17) is 27.2 Å². The summed E-state index contributed by atoms with van der Waals surface area (Å²) in [7, 11) is 0. The molecule has 0 unspecified atom stereocenters. The molecule has 2 aromatic carbocycles. The highest BCUT2D eigenvalue weighted by Gasteiger charge is 2.14. The van der Waals surface area contributed by atoms with Crippen LogP contribution in [0.2, 0.25) is 5.02 Å². The van der Waals surface area contributed by atoms with E-state index in [1.165, 1.54) is 6.07 Å². The molecule has 2 aromatic rings. The number of ether oxygens (including phenoxy) is 1. The van der Waals surface area contributed by atoms with Crippen LogP contribution in [-0.4, -0.2) is 11.1 Å². The van der Waals surface area contributed by atoms with Gasteiger partial charge in [-0.3, -0.25) is 0 Å². The number of rotatable bonds is 4. The summed E-state index contributed by atoms with van der Waals surface area (Å²) in [5, 5.41) is 9.64.